The summed E-state index contributed by atoms with van der Waals surface area (Å²) in [6.07, 6.45) is 0.737. The lowest BCUT2D eigenvalue weighted by Crippen LogP contribution is -2.42. The maximum Gasteiger partial charge on any atom is 0.105 e. The summed E-state index contributed by atoms with van der Waals surface area (Å²) in [6.45, 7) is 1.53. The van der Waals surface area contributed by atoms with Gasteiger partial charge in [0.2, 0.25) is 0 Å². The van der Waals surface area contributed by atoms with Crippen molar-refractivity contribution in [1.29, 1.82) is 0 Å². The highest BCUT2D eigenvalue weighted by Gasteiger charge is 2.10. The average molecular weight is 181 g/mol. The molecule has 0 fully saturated rings. The van der Waals surface area contributed by atoms with Crippen molar-refractivity contribution in [3.05, 3.63) is 0 Å². The van der Waals surface area contributed by atoms with E-state index in [0.29, 0.717) is 5.75 Å². The fourth-order valence-electron chi connectivity index (χ4n) is 0.768. The number of alkyl halides is 1. The van der Waals surface area contributed by atoms with E-state index in [0.717, 1.165) is 6.42 Å². The van der Waals surface area contributed by atoms with E-state index in [1.54, 1.807) is 0 Å². The molecule has 0 aliphatic heterocycles. The summed E-state index contributed by atoms with van der Waals surface area (Å²) in [5, 5.41) is 11.7. The average Bonchev–Trinajstić information content (AvgIpc) is 2.07. The number of halogens is 1. The summed E-state index contributed by atoms with van der Waals surface area (Å²) in [7, 11) is 0. The van der Waals surface area contributed by atoms with Gasteiger partial charge in [-0.05, 0) is 6.42 Å². The summed E-state index contributed by atoms with van der Waals surface area (Å²) in [5.74, 6) is 0.535. The molecule has 4 heteroatoms. The van der Waals surface area contributed by atoms with Crippen molar-refractivity contribution in [2.24, 2.45) is 0 Å². The molecular formula is C7H16FNOS. The van der Waals surface area contributed by atoms with E-state index in [9.17, 15) is 4.39 Å². The molecule has 0 aliphatic carbocycles. The summed E-state index contributed by atoms with van der Waals surface area (Å²) >= 11 is 4.00. The summed E-state index contributed by atoms with van der Waals surface area (Å²) in [6, 6.07) is -0.224. The third kappa shape index (κ3) is 4.61. The van der Waals surface area contributed by atoms with E-state index in [4.69, 9.17) is 5.11 Å². The van der Waals surface area contributed by atoms with Crippen molar-refractivity contribution in [1.82, 2.24) is 5.32 Å². The molecule has 0 radical (unpaired) electrons. The maximum absolute atomic E-state index is 12.1. The second kappa shape index (κ2) is 6.88. The molecule has 2 nitrogen and oxygen atoms in total. The van der Waals surface area contributed by atoms with Crippen molar-refractivity contribution in [2.75, 3.05) is 19.0 Å². The van der Waals surface area contributed by atoms with Gasteiger partial charge in [0.25, 0.3) is 0 Å². The minimum atomic E-state index is -0.388. The zero-order valence-electron chi connectivity index (χ0n) is 6.76. The zero-order chi connectivity index (χ0) is 8.69. The van der Waals surface area contributed by atoms with E-state index in [1.165, 1.54) is 0 Å². The van der Waals surface area contributed by atoms with Crippen molar-refractivity contribution in [3.63, 3.8) is 0 Å². The molecule has 0 saturated heterocycles. The number of thiol groups is 1. The topological polar surface area (TPSA) is 32.3 Å². The van der Waals surface area contributed by atoms with Crippen molar-refractivity contribution in [2.45, 2.75) is 25.4 Å². The molecule has 2 unspecified atom stereocenters. The molecule has 0 saturated carbocycles. The molecule has 11 heavy (non-hydrogen) atoms. The first-order valence-electron chi connectivity index (χ1n) is 3.82. The first-order valence-corrected chi connectivity index (χ1v) is 4.45. The van der Waals surface area contributed by atoms with Crippen LogP contribution in [0.4, 0.5) is 4.39 Å². The molecule has 2 N–H and O–H groups in total. The van der Waals surface area contributed by atoms with E-state index in [1.807, 2.05) is 6.92 Å². The van der Waals surface area contributed by atoms with Gasteiger partial charge in [0, 0.05) is 17.8 Å². The molecule has 0 aromatic carbocycles. The highest BCUT2D eigenvalue weighted by atomic mass is 32.1. The highest BCUT2D eigenvalue weighted by molar-refractivity contribution is 7.80. The van der Waals surface area contributed by atoms with Gasteiger partial charge in [0.15, 0.2) is 0 Å². The Kier molecular flexibility index (Phi) is 7.01. The largest absolute Gasteiger partial charge is 0.395 e. The van der Waals surface area contributed by atoms with Crippen LogP contribution in [-0.4, -0.2) is 36.2 Å². The van der Waals surface area contributed by atoms with Gasteiger partial charge >= 0.3 is 0 Å². The molecule has 0 rings (SSSR count). The van der Waals surface area contributed by atoms with Gasteiger partial charge in [-0.15, -0.1) is 0 Å². The second-order valence-corrected chi connectivity index (χ2v) is 2.85. The van der Waals surface area contributed by atoms with Crippen LogP contribution in [0.2, 0.25) is 0 Å². The lowest BCUT2D eigenvalue weighted by Gasteiger charge is -2.19. The molecule has 0 aromatic heterocycles. The van der Waals surface area contributed by atoms with Gasteiger partial charge in [-0.3, -0.25) is 0 Å². The van der Waals surface area contributed by atoms with Gasteiger partial charge < -0.3 is 10.4 Å². The van der Waals surface area contributed by atoms with Gasteiger partial charge in [-0.25, -0.2) is 4.39 Å². The van der Waals surface area contributed by atoms with Crippen molar-refractivity contribution in [3.8, 4) is 0 Å². The van der Waals surface area contributed by atoms with Crippen LogP contribution in [-0.2, 0) is 0 Å². The SMILES string of the molecule is CCC(CF)NC(CO)CS. The Bertz CT molecular complexity index is 76.5. The van der Waals surface area contributed by atoms with Crippen LogP contribution in [0.15, 0.2) is 0 Å². The Hall–Kier alpha value is 0.200. The predicted molar refractivity (Wildman–Crippen MR) is 47.9 cm³/mol. The molecule has 0 amide bonds. The monoisotopic (exact) mass is 181 g/mol. The molecule has 2 atom stereocenters. The molecule has 0 heterocycles. The number of hydrogen-bond acceptors (Lipinski definition) is 3. The maximum atomic E-state index is 12.1. The lowest BCUT2D eigenvalue weighted by molar-refractivity contribution is 0.231. The van der Waals surface area contributed by atoms with Gasteiger partial charge in [0.1, 0.15) is 6.67 Å². The van der Waals surface area contributed by atoms with E-state index >= 15 is 0 Å². The molecule has 0 spiro atoms. The Morgan fingerprint density at radius 2 is 2.18 bits per heavy atom. The summed E-state index contributed by atoms with van der Waals surface area (Å²) in [4.78, 5) is 0. The van der Waals surface area contributed by atoms with Crippen LogP contribution in [0.25, 0.3) is 0 Å². The van der Waals surface area contributed by atoms with Crippen LogP contribution >= 0.6 is 12.6 Å². The predicted octanol–water partition coefficient (Wildman–Crippen LogP) is 0.615. The Balaban J connectivity index is 3.58. The number of rotatable bonds is 6. The minimum Gasteiger partial charge on any atom is -0.395 e. The summed E-state index contributed by atoms with van der Waals surface area (Å²) in [5.41, 5.74) is 0. The molecular weight excluding hydrogens is 165 g/mol. The highest BCUT2D eigenvalue weighted by Crippen LogP contribution is 1.95. The summed E-state index contributed by atoms with van der Waals surface area (Å²) < 4.78 is 12.1. The number of nitrogens with one attached hydrogen (secondary N) is 1. The number of hydrogen-bond donors (Lipinski definition) is 3. The zero-order valence-corrected chi connectivity index (χ0v) is 7.65. The quantitative estimate of drug-likeness (QED) is 0.525. The van der Waals surface area contributed by atoms with E-state index < -0.39 is 0 Å². The molecule has 0 bridgehead atoms. The Morgan fingerprint density at radius 1 is 1.55 bits per heavy atom. The fourth-order valence-corrected chi connectivity index (χ4v) is 0.989. The van der Waals surface area contributed by atoms with Gasteiger partial charge in [-0.2, -0.15) is 12.6 Å². The minimum absolute atomic E-state index is 0.0139. The number of aliphatic hydroxyl groups excluding tert-OH is 1. The van der Waals surface area contributed by atoms with Crippen LogP contribution in [0.5, 0.6) is 0 Å². The molecule has 0 aliphatic rings. The van der Waals surface area contributed by atoms with Crippen LogP contribution in [0, 0.1) is 0 Å². The van der Waals surface area contributed by atoms with Gasteiger partial charge in [-0.1, -0.05) is 6.92 Å². The second-order valence-electron chi connectivity index (χ2n) is 2.49. The third-order valence-corrected chi connectivity index (χ3v) is 2.03. The van der Waals surface area contributed by atoms with E-state index in [-0.39, 0.29) is 25.4 Å². The van der Waals surface area contributed by atoms with Crippen molar-refractivity contribution >= 4 is 12.6 Å². The normalized spacial score (nSPS) is 16.4. The smallest absolute Gasteiger partial charge is 0.105 e. The fraction of sp³-hybridized carbons (Fsp3) is 1.00. The Labute approximate surface area is 72.6 Å². The van der Waals surface area contributed by atoms with Crippen LogP contribution < -0.4 is 5.32 Å². The van der Waals surface area contributed by atoms with Crippen LogP contribution in [0.1, 0.15) is 13.3 Å². The Morgan fingerprint density at radius 3 is 2.45 bits per heavy atom. The first-order chi connectivity index (χ1) is 5.28. The van der Waals surface area contributed by atoms with E-state index in [2.05, 4.69) is 17.9 Å². The first kappa shape index (κ1) is 11.2. The van der Waals surface area contributed by atoms with Gasteiger partial charge in [0.05, 0.1) is 6.61 Å². The number of aliphatic hydroxyl groups is 1. The standard InChI is InChI=1S/C7H16FNOS/c1-2-6(3-8)9-7(4-10)5-11/h6-7,9-11H,2-5H2,1H3. The van der Waals surface area contributed by atoms with Crippen LogP contribution in [0.3, 0.4) is 0 Å². The third-order valence-electron chi connectivity index (χ3n) is 1.59. The lowest BCUT2D eigenvalue weighted by atomic mass is 10.2. The van der Waals surface area contributed by atoms with Crippen molar-refractivity contribution < 1.29 is 9.50 Å². The molecule has 0 aromatic rings. The molecule has 68 valence electrons.